The van der Waals surface area contributed by atoms with Crippen LogP contribution in [0.25, 0.3) is 0 Å². The van der Waals surface area contributed by atoms with Crippen LogP contribution in [0.2, 0.25) is 0 Å². The Morgan fingerprint density at radius 2 is 1.67 bits per heavy atom. The number of nitrogens with one attached hydrogen (secondary N) is 2. The summed E-state index contributed by atoms with van der Waals surface area (Å²) in [7, 11) is 0. The van der Waals surface area contributed by atoms with Gasteiger partial charge in [-0.15, -0.1) is 0 Å². The number of anilines is 1. The Hall–Kier alpha value is -4.60. The van der Waals surface area contributed by atoms with Gasteiger partial charge in [-0.2, -0.15) is 0 Å². The van der Waals surface area contributed by atoms with Crippen molar-refractivity contribution in [2.75, 3.05) is 5.32 Å². The highest BCUT2D eigenvalue weighted by molar-refractivity contribution is 5.95. The third-order valence-electron chi connectivity index (χ3n) is 6.16. The number of aryl methyl sites for hydroxylation is 1. The molecule has 1 unspecified atom stereocenters. The molecule has 228 valence electrons. The molecule has 2 heterocycles. The van der Waals surface area contributed by atoms with Gasteiger partial charge in [0.25, 0.3) is 0 Å². The maximum absolute atomic E-state index is 12.8. The number of hydrogen-bond donors (Lipinski definition) is 2. The Morgan fingerprint density at radius 1 is 0.953 bits per heavy atom. The number of fused-ring (bicyclic) bond motifs is 1. The second-order valence-electron chi connectivity index (χ2n) is 12.3. The summed E-state index contributed by atoms with van der Waals surface area (Å²) in [5, 5.41) is 5.13. The number of rotatable bonds is 8. The van der Waals surface area contributed by atoms with Gasteiger partial charge >= 0.3 is 12.1 Å². The molecule has 2 atom stereocenters. The molecule has 2 aromatic carbocycles. The quantitative estimate of drug-likeness (QED) is 0.285. The maximum Gasteiger partial charge on any atom is 0.408 e. The Labute approximate surface area is 252 Å². The molecule has 2 amide bonds. The number of aromatic nitrogens is 1. The average molecular weight is 590 g/mol. The smallest absolute Gasteiger partial charge is 0.408 e. The zero-order chi connectivity index (χ0) is 31.2. The molecule has 0 bridgehead atoms. The fourth-order valence-electron chi connectivity index (χ4n) is 4.38. The van der Waals surface area contributed by atoms with Gasteiger partial charge in [0.2, 0.25) is 11.8 Å². The highest BCUT2D eigenvalue weighted by atomic mass is 16.6. The molecule has 0 spiro atoms. The number of nitrogens with zero attached hydrogens (tertiary/aromatic N) is 1. The van der Waals surface area contributed by atoms with Crippen molar-refractivity contribution in [3.05, 3.63) is 78.0 Å². The summed E-state index contributed by atoms with van der Waals surface area (Å²) in [6.45, 7) is 10.2. The third-order valence-corrected chi connectivity index (χ3v) is 6.16. The summed E-state index contributed by atoms with van der Waals surface area (Å²) < 4.78 is 22.8. The molecule has 10 heteroatoms. The largest absolute Gasteiger partial charge is 0.485 e. The van der Waals surface area contributed by atoms with Gasteiger partial charge in [-0.1, -0.05) is 30.3 Å². The summed E-state index contributed by atoms with van der Waals surface area (Å²) >= 11 is 0. The number of esters is 1. The first-order chi connectivity index (χ1) is 20.2. The zero-order valence-corrected chi connectivity index (χ0v) is 25.4. The van der Waals surface area contributed by atoms with Crippen LogP contribution in [-0.2, 0) is 25.5 Å². The van der Waals surface area contributed by atoms with Crippen molar-refractivity contribution in [3.8, 4) is 17.4 Å². The molecule has 1 aliphatic heterocycles. The van der Waals surface area contributed by atoms with Gasteiger partial charge in [0, 0.05) is 6.07 Å². The van der Waals surface area contributed by atoms with Crippen molar-refractivity contribution in [2.45, 2.75) is 84.2 Å². The number of hydrogen-bond acceptors (Lipinski definition) is 8. The van der Waals surface area contributed by atoms with Crippen LogP contribution in [0.5, 0.6) is 17.4 Å². The van der Waals surface area contributed by atoms with Crippen LogP contribution in [0.3, 0.4) is 0 Å². The number of carbonyl (C=O) groups excluding carboxylic acids is 3. The molecule has 43 heavy (non-hydrogen) atoms. The second-order valence-corrected chi connectivity index (χ2v) is 12.3. The van der Waals surface area contributed by atoms with Gasteiger partial charge in [-0.05, 0) is 89.8 Å². The van der Waals surface area contributed by atoms with E-state index in [1.165, 1.54) is 6.20 Å². The monoisotopic (exact) mass is 589 g/mol. The fourth-order valence-corrected chi connectivity index (χ4v) is 4.38. The zero-order valence-electron chi connectivity index (χ0n) is 25.4. The molecule has 3 aromatic rings. The van der Waals surface area contributed by atoms with Crippen LogP contribution in [0, 0.1) is 0 Å². The summed E-state index contributed by atoms with van der Waals surface area (Å²) in [6, 6.07) is 17.9. The summed E-state index contributed by atoms with van der Waals surface area (Å²) in [5.74, 6) is 0.532. The van der Waals surface area contributed by atoms with Gasteiger partial charge < -0.3 is 29.6 Å². The fraction of sp³-hybridized carbons (Fsp3) is 0.394. The van der Waals surface area contributed by atoms with Crippen LogP contribution in [0.1, 0.15) is 71.6 Å². The van der Waals surface area contributed by atoms with Crippen molar-refractivity contribution in [3.63, 3.8) is 0 Å². The molecular formula is C33H39N3O7. The average Bonchev–Trinajstić information content (AvgIpc) is 2.92. The van der Waals surface area contributed by atoms with Crippen molar-refractivity contribution in [2.24, 2.45) is 0 Å². The number of amides is 2. The van der Waals surface area contributed by atoms with Crippen LogP contribution in [0.4, 0.5) is 10.5 Å². The Kier molecular flexibility index (Phi) is 9.58. The second kappa shape index (κ2) is 13.1. The van der Waals surface area contributed by atoms with E-state index in [1.807, 2.05) is 36.4 Å². The van der Waals surface area contributed by atoms with Gasteiger partial charge in [0.1, 0.15) is 34.8 Å². The highest BCUT2D eigenvalue weighted by Crippen LogP contribution is 2.37. The van der Waals surface area contributed by atoms with Crippen LogP contribution >= 0.6 is 0 Å². The molecule has 1 aliphatic rings. The van der Waals surface area contributed by atoms with Gasteiger partial charge in [0.05, 0.1) is 18.3 Å². The van der Waals surface area contributed by atoms with Crippen LogP contribution in [-0.4, -0.2) is 40.2 Å². The van der Waals surface area contributed by atoms with Crippen LogP contribution in [0.15, 0.2) is 66.9 Å². The topological polar surface area (TPSA) is 125 Å². The predicted octanol–water partition coefficient (Wildman–Crippen LogP) is 6.50. The lowest BCUT2D eigenvalue weighted by molar-refractivity contribution is -0.158. The Morgan fingerprint density at radius 3 is 2.33 bits per heavy atom. The van der Waals surface area contributed by atoms with Gasteiger partial charge in [-0.25, -0.2) is 14.6 Å². The van der Waals surface area contributed by atoms with E-state index in [-0.39, 0.29) is 12.5 Å². The summed E-state index contributed by atoms with van der Waals surface area (Å²) in [6.07, 6.45) is 2.01. The first-order valence-electron chi connectivity index (χ1n) is 14.2. The van der Waals surface area contributed by atoms with Crippen molar-refractivity contribution >= 4 is 23.7 Å². The summed E-state index contributed by atoms with van der Waals surface area (Å²) in [5.41, 5.74) is 1.02. The standard InChI is InChI=1S/C33H39N3O7/c1-32(2,3)42-30(38)25(36-31(39)43-33(4,5)6)19-28(37)35-23-13-17-29(34-20-23)40-24-14-16-27-22(18-24)12-15-26(41-27)21-10-8-7-9-11-21/h7-11,13-14,16-18,20,25-26H,12,15,19H2,1-6H3,(H,35,37)(H,36,39)/t25-,26?/m0/s1. The first kappa shape index (κ1) is 31.3. The van der Waals surface area contributed by atoms with E-state index in [9.17, 15) is 14.4 Å². The number of ether oxygens (including phenoxy) is 4. The molecule has 0 saturated carbocycles. The molecule has 10 nitrogen and oxygen atoms in total. The molecule has 4 rings (SSSR count). The number of benzene rings is 2. The van der Waals surface area contributed by atoms with E-state index in [4.69, 9.17) is 18.9 Å². The van der Waals surface area contributed by atoms with E-state index in [0.717, 1.165) is 29.7 Å². The van der Waals surface area contributed by atoms with E-state index in [0.29, 0.717) is 17.3 Å². The maximum atomic E-state index is 12.8. The first-order valence-corrected chi connectivity index (χ1v) is 14.2. The number of alkyl carbamates (subject to hydrolysis) is 1. The molecule has 0 radical (unpaired) electrons. The summed E-state index contributed by atoms with van der Waals surface area (Å²) in [4.78, 5) is 42.1. The minimum Gasteiger partial charge on any atom is -0.485 e. The molecule has 1 aromatic heterocycles. The van der Waals surface area contributed by atoms with E-state index < -0.39 is 35.2 Å². The van der Waals surface area contributed by atoms with E-state index in [2.05, 4.69) is 27.8 Å². The SMILES string of the molecule is CC(C)(C)OC(=O)N[C@@H](CC(=O)Nc1ccc(Oc2ccc3c(c2)CCC(c2ccccc2)O3)nc1)C(=O)OC(C)(C)C. The Balaban J connectivity index is 1.34. The van der Waals surface area contributed by atoms with Gasteiger partial charge in [0.15, 0.2) is 0 Å². The van der Waals surface area contributed by atoms with E-state index >= 15 is 0 Å². The van der Waals surface area contributed by atoms with Gasteiger partial charge in [-0.3, -0.25) is 4.79 Å². The lowest BCUT2D eigenvalue weighted by atomic mass is 9.97. The molecular weight excluding hydrogens is 550 g/mol. The molecule has 0 saturated heterocycles. The highest BCUT2D eigenvalue weighted by Gasteiger charge is 2.30. The van der Waals surface area contributed by atoms with Crippen molar-refractivity contribution < 1.29 is 33.3 Å². The lowest BCUT2D eigenvalue weighted by Crippen LogP contribution is -2.47. The predicted molar refractivity (Wildman–Crippen MR) is 161 cm³/mol. The van der Waals surface area contributed by atoms with Crippen molar-refractivity contribution in [1.82, 2.24) is 10.3 Å². The third kappa shape index (κ3) is 9.73. The lowest BCUT2D eigenvalue weighted by Gasteiger charge is -2.26. The Bertz CT molecular complexity index is 1430. The van der Waals surface area contributed by atoms with Crippen molar-refractivity contribution in [1.29, 1.82) is 0 Å². The number of pyridine rings is 1. The number of carbonyl (C=O) groups is 3. The van der Waals surface area contributed by atoms with E-state index in [1.54, 1.807) is 53.7 Å². The van der Waals surface area contributed by atoms with Crippen LogP contribution < -0.4 is 20.1 Å². The molecule has 0 fully saturated rings. The molecule has 0 aliphatic carbocycles. The minimum atomic E-state index is -1.25. The molecule has 2 N–H and O–H groups in total. The minimum absolute atomic E-state index is 0.0254. The normalized spacial score (nSPS) is 15.3.